The zero-order chi connectivity index (χ0) is 14.7. The summed E-state index contributed by atoms with van der Waals surface area (Å²) in [5.41, 5.74) is 0.863. The van der Waals surface area contributed by atoms with Gasteiger partial charge in [-0.05, 0) is 43.4 Å². The lowest BCUT2D eigenvalue weighted by atomic mass is 9.93. The highest BCUT2D eigenvalue weighted by atomic mass is 32.1. The molecule has 0 aromatic carbocycles. The second-order valence-electron chi connectivity index (χ2n) is 5.26. The Kier molecular flexibility index (Phi) is 4.54. The summed E-state index contributed by atoms with van der Waals surface area (Å²) in [4.78, 5) is 6.19. The molecule has 5 nitrogen and oxygen atoms in total. The number of nitrogens with zero attached hydrogens (tertiary/aromatic N) is 4. The van der Waals surface area contributed by atoms with Crippen LogP contribution < -0.4 is 0 Å². The lowest BCUT2D eigenvalue weighted by Gasteiger charge is -2.30. The summed E-state index contributed by atoms with van der Waals surface area (Å²) in [5, 5.41) is 5.82. The van der Waals surface area contributed by atoms with Crippen molar-refractivity contribution in [3.63, 3.8) is 0 Å². The highest BCUT2D eigenvalue weighted by Gasteiger charge is 2.23. The fourth-order valence-corrected chi connectivity index (χ4v) is 3.10. The second kappa shape index (κ2) is 6.57. The Morgan fingerprint density at radius 2 is 2.19 bits per heavy atom. The molecule has 0 atom stereocenters. The first kappa shape index (κ1) is 14.5. The predicted molar refractivity (Wildman–Crippen MR) is 74.3 cm³/mol. The molecule has 2 aromatic rings. The first-order valence-corrected chi connectivity index (χ1v) is 7.77. The lowest BCUT2D eigenvalue weighted by molar-refractivity contribution is 0.0681. The highest BCUT2D eigenvalue weighted by molar-refractivity contribution is 7.03. The van der Waals surface area contributed by atoms with Crippen LogP contribution in [0.5, 0.6) is 0 Å². The van der Waals surface area contributed by atoms with Crippen LogP contribution in [0.15, 0.2) is 16.1 Å². The van der Waals surface area contributed by atoms with E-state index >= 15 is 0 Å². The van der Waals surface area contributed by atoms with Gasteiger partial charge in [0.1, 0.15) is 0 Å². The molecule has 0 spiro atoms. The van der Waals surface area contributed by atoms with E-state index in [4.69, 9.17) is 4.52 Å². The molecule has 114 valence electrons. The summed E-state index contributed by atoms with van der Waals surface area (Å²) in [6, 6.07) is 0. The quantitative estimate of drug-likeness (QED) is 0.849. The van der Waals surface area contributed by atoms with Crippen LogP contribution in [-0.2, 0) is 6.42 Å². The monoisotopic (exact) mass is 314 g/mol. The lowest BCUT2D eigenvalue weighted by Crippen LogP contribution is -2.37. The predicted octanol–water partition coefficient (Wildman–Crippen LogP) is 2.71. The third-order valence-electron chi connectivity index (χ3n) is 3.73. The molecule has 1 fully saturated rings. The maximum absolute atomic E-state index is 12.3. The van der Waals surface area contributed by atoms with Gasteiger partial charge in [-0.2, -0.15) is 4.98 Å². The van der Waals surface area contributed by atoms with E-state index in [1.54, 1.807) is 6.20 Å². The maximum Gasteiger partial charge on any atom is 0.251 e. The number of likely N-dealkylation sites (tertiary alicyclic amines) is 1. The van der Waals surface area contributed by atoms with Crippen molar-refractivity contribution in [2.45, 2.75) is 25.7 Å². The summed E-state index contributed by atoms with van der Waals surface area (Å²) in [6.45, 7) is 1.30. The van der Waals surface area contributed by atoms with Crippen LogP contribution in [0.2, 0.25) is 0 Å². The largest absolute Gasteiger partial charge is 0.339 e. The van der Waals surface area contributed by atoms with Crippen molar-refractivity contribution in [3.05, 3.63) is 17.5 Å². The van der Waals surface area contributed by atoms with Crippen molar-refractivity contribution in [1.82, 2.24) is 19.4 Å². The van der Waals surface area contributed by atoms with Crippen LogP contribution in [0.25, 0.3) is 11.4 Å². The summed E-state index contributed by atoms with van der Waals surface area (Å²) in [6.07, 6.45) is 1.96. The molecule has 3 heterocycles. The van der Waals surface area contributed by atoms with E-state index in [1.165, 1.54) is 11.5 Å². The standard InChI is InChI=1S/C13H16F2N4OS/c14-11(15)7-19-3-1-9(2-4-19)5-12-17-13(18-20-12)10-6-16-21-8-10/h6,8-9,11H,1-5,7H2. The Bertz CT molecular complexity index is 552. The van der Waals surface area contributed by atoms with E-state index in [9.17, 15) is 8.78 Å². The third-order valence-corrected chi connectivity index (χ3v) is 4.31. The van der Waals surface area contributed by atoms with Crippen LogP contribution in [0, 0.1) is 5.92 Å². The molecule has 8 heteroatoms. The average molecular weight is 314 g/mol. The van der Waals surface area contributed by atoms with Gasteiger partial charge < -0.3 is 4.52 Å². The molecule has 0 bridgehead atoms. The number of rotatable bonds is 5. The number of hydrogen-bond acceptors (Lipinski definition) is 6. The van der Waals surface area contributed by atoms with Gasteiger partial charge in [0.05, 0.1) is 18.3 Å². The van der Waals surface area contributed by atoms with E-state index in [0.717, 1.165) is 18.4 Å². The molecular weight excluding hydrogens is 298 g/mol. The third kappa shape index (κ3) is 3.82. The van der Waals surface area contributed by atoms with E-state index in [0.29, 0.717) is 37.1 Å². The van der Waals surface area contributed by atoms with Gasteiger partial charge in [-0.25, -0.2) is 13.2 Å². The summed E-state index contributed by atoms with van der Waals surface area (Å²) < 4.78 is 33.9. The zero-order valence-electron chi connectivity index (χ0n) is 11.4. The molecule has 0 aliphatic carbocycles. The van der Waals surface area contributed by atoms with Crippen molar-refractivity contribution in [1.29, 1.82) is 0 Å². The summed E-state index contributed by atoms with van der Waals surface area (Å²) in [5.74, 6) is 1.60. The minimum Gasteiger partial charge on any atom is -0.339 e. The minimum atomic E-state index is -2.25. The molecule has 1 aliphatic heterocycles. The van der Waals surface area contributed by atoms with Crippen LogP contribution >= 0.6 is 11.5 Å². The van der Waals surface area contributed by atoms with Gasteiger partial charge in [0.25, 0.3) is 6.43 Å². The molecule has 0 unspecified atom stereocenters. The Morgan fingerprint density at radius 1 is 1.38 bits per heavy atom. The summed E-state index contributed by atoms with van der Waals surface area (Å²) in [7, 11) is 0. The fraction of sp³-hybridized carbons (Fsp3) is 0.615. The zero-order valence-corrected chi connectivity index (χ0v) is 12.2. The topological polar surface area (TPSA) is 55.1 Å². The number of hydrogen-bond donors (Lipinski definition) is 0. The Hall–Kier alpha value is -1.41. The number of halogens is 2. The van der Waals surface area contributed by atoms with Crippen LogP contribution in [0.1, 0.15) is 18.7 Å². The van der Waals surface area contributed by atoms with E-state index in [2.05, 4.69) is 14.5 Å². The number of alkyl halides is 2. The SMILES string of the molecule is FC(F)CN1CCC(Cc2nc(-c3cnsc3)no2)CC1. The van der Waals surface area contributed by atoms with Crippen molar-refractivity contribution in [3.8, 4) is 11.4 Å². The van der Waals surface area contributed by atoms with E-state index in [1.807, 2.05) is 10.3 Å². The smallest absolute Gasteiger partial charge is 0.251 e. The van der Waals surface area contributed by atoms with Crippen molar-refractivity contribution in [2.24, 2.45) is 5.92 Å². The van der Waals surface area contributed by atoms with Gasteiger partial charge in [0.15, 0.2) is 0 Å². The van der Waals surface area contributed by atoms with Crippen LogP contribution in [-0.4, -0.2) is 45.5 Å². The Balaban J connectivity index is 1.52. The molecule has 21 heavy (non-hydrogen) atoms. The van der Waals surface area contributed by atoms with Gasteiger partial charge in [-0.15, -0.1) is 0 Å². The van der Waals surface area contributed by atoms with Crippen LogP contribution in [0.4, 0.5) is 8.78 Å². The van der Waals surface area contributed by atoms with Crippen molar-refractivity contribution < 1.29 is 13.3 Å². The molecule has 2 aromatic heterocycles. The average Bonchev–Trinajstić information content (AvgIpc) is 3.11. The first-order valence-electron chi connectivity index (χ1n) is 6.93. The van der Waals surface area contributed by atoms with Gasteiger partial charge in [0.2, 0.25) is 11.7 Å². The molecule has 1 aliphatic rings. The maximum atomic E-state index is 12.3. The van der Waals surface area contributed by atoms with Crippen molar-refractivity contribution in [2.75, 3.05) is 19.6 Å². The van der Waals surface area contributed by atoms with Gasteiger partial charge in [-0.3, -0.25) is 4.90 Å². The second-order valence-corrected chi connectivity index (χ2v) is 5.92. The van der Waals surface area contributed by atoms with Crippen molar-refractivity contribution >= 4 is 11.5 Å². The molecule has 0 saturated carbocycles. The molecule has 0 N–H and O–H groups in total. The molecule has 0 amide bonds. The van der Waals surface area contributed by atoms with Crippen LogP contribution in [0.3, 0.4) is 0 Å². The van der Waals surface area contributed by atoms with E-state index in [-0.39, 0.29) is 6.54 Å². The summed E-state index contributed by atoms with van der Waals surface area (Å²) >= 11 is 1.35. The normalized spacial score (nSPS) is 17.7. The Labute approximate surface area is 125 Å². The minimum absolute atomic E-state index is 0.122. The fourth-order valence-electron chi connectivity index (χ4n) is 2.59. The Morgan fingerprint density at radius 3 is 2.86 bits per heavy atom. The van der Waals surface area contributed by atoms with Gasteiger partial charge in [0, 0.05) is 11.8 Å². The first-order chi connectivity index (χ1) is 10.2. The molecular formula is C13H16F2N4OS. The molecule has 0 radical (unpaired) electrons. The highest BCUT2D eigenvalue weighted by Crippen LogP contribution is 2.23. The van der Waals surface area contributed by atoms with Gasteiger partial charge in [-0.1, -0.05) is 5.16 Å². The number of piperidine rings is 1. The molecule has 1 saturated heterocycles. The molecule has 3 rings (SSSR count). The van der Waals surface area contributed by atoms with E-state index < -0.39 is 6.43 Å². The number of aromatic nitrogens is 3. The van der Waals surface area contributed by atoms with Gasteiger partial charge >= 0.3 is 0 Å².